The van der Waals surface area contributed by atoms with Gasteiger partial charge in [0.25, 0.3) is 0 Å². The van der Waals surface area contributed by atoms with Crippen molar-refractivity contribution >= 4 is 33.3 Å². The standard InChI is InChI=1S/C19H21N5O2S/c25-19(23-14-4-5-16-18(11-14)27-13-22-16)21-12-17(15-3-1-2-6-20-15)24-7-9-26-10-8-24/h1-6,11,13,17H,7-10,12H2,(H2,21,23,25)/t17-/m0/s1. The molecule has 0 aliphatic carbocycles. The van der Waals surface area contributed by atoms with Crippen LogP contribution in [0.25, 0.3) is 10.2 Å². The van der Waals surface area contributed by atoms with Gasteiger partial charge in [0.2, 0.25) is 0 Å². The predicted molar refractivity (Wildman–Crippen MR) is 106 cm³/mol. The maximum Gasteiger partial charge on any atom is 0.319 e. The van der Waals surface area contributed by atoms with E-state index >= 15 is 0 Å². The summed E-state index contributed by atoms with van der Waals surface area (Å²) in [4.78, 5) is 23.4. The first-order valence-corrected chi connectivity index (χ1v) is 9.78. The summed E-state index contributed by atoms with van der Waals surface area (Å²) in [7, 11) is 0. The Hall–Kier alpha value is -2.55. The van der Waals surface area contributed by atoms with Crippen LogP contribution in [-0.2, 0) is 4.74 Å². The lowest BCUT2D eigenvalue weighted by Crippen LogP contribution is -2.44. The van der Waals surface area contributed by atoms with Crippen LogP contribution in [0.3, 0.4) is 0 Å². The van der Waals surface area contributed by atoms with Gasteiger partial charge in [-0.1, -0.05) is 6.07 Å². The molecular formula is C19H21N5O2S. The first-order valence-electron chi connectivity index (χ1n) is 8.90. The molecule has 0 spiro atoms. The lowest BCUT2D eigenvalue weighted by Gasteiger charge is -2.34. The van der Waals surface area contributed by atoms with Crippen LogP contribution in [0, 0.1) is 0 Å². The third-order valence-corrected chi connectivity index (χ3v) is 5.35. The molecule has 0 unspecified atom stereocenters. The summed E-state index contributed by atoms with van der Waals surface area (Å²) in [6.45, 7) is 3.53. The largest absolute Gasteiger partial charge is 0.379 e. The third kappa shape index (κ3) is 4.41. The van der Waals surface area contributed by atoms with Crippen LogP contribution in [0.2, 0.25) is 0 Å². The number of benzene rings is 1. The number of morpholine rings is 1. The fourth-order valence-corrected chi connectivity index (χ4v) is 3.90. The van der Waals surface area contributed by atoms with Gasteiger partial charge in [0.05, 0.1) is 40.7 Å². The molecule has 2 N–H and O–H groups in total. The van der Waals surface area contributed by atoms with Gasteiger partial charge in [0.15, 0.2) is 0 Å². The van der Waals surface area contributed by atoms with E-state index in [-0.39, 0.29) is 12.1 Å². The molecule has 1 atom stereocenters. The van der Waals surface area contributed by atoms with E-state index in [4.69, 9.17) is 4.74 Å². The highest BCUT2D eigenvalue weighted by molar-refractivity contribution is 7.16. The van der Waals surface area contributed by atoms with Gasteiger partial charge in [-0.2, -0.15) is 0 Å². The summed E-state index contributed by atoms with van der Waals surface area (Å²) in [6, 6.07) is 11.4. The molecule has 3 aromatic rings. The molecule has 4 rings (SSSR count). The lowest BCUT2D eigenvalue weighted by molar-refractivity contribution is 0.0159. The molecular weight excluding hydrogens is 362 g/mol. The number of rotatable bonds is 5. The fourth-order valence-electron chi connectivity index (χ4n) is 3.18. The SMILES string of the molecule is O=C(NC[C@@H](c1ccccn1)N1CCOCC1)Nc1ccc2ncsc2c1. The number of carbonyl (C=O) groups is 1. The van der Waals surface area contributed by atoms with E-state index in [2.05, 4.69) is 25.5 Å². The second-order valence-corrected chi connectivity index (χ2v) is 7.17. The Balaban J connectivity index is 1.41. The first-order chi connectivity index (χ1) is 13.3. The zero-order chi connectivity index (χ0) is 18.5. The number of anilines is 1. The summed E-state index contributed by atoms with van der Waals surface area (Å²) < 4.78 is 6.50. The van der Waals surface area contributed by atoms with Crippen LogP contribution in [0.4, 0.5) is 10.5 Å². The monoisotopic (exact) mass is 383 g/mol. The number of aromatic nitrogens is 2. The number of urea groups is 1. The molecule has 8 heteroatoms. The number of hydrogen-bond acceptors (Lipinski definition) is 6. The van der Waals surface area contributed by atoms with Crippen LogP contribution in [-0.4, -0.2) is 53.7 Å². The molecule has 27 heavy (non-hydrogen) atoms. The van der Waals surface area contributed by atoms with Gasteiger partial charge in [0.1, 0.15) is 0 Å². The number of hydrogen-bond donors (Lipinski definition) is 2. The van der Waals surface area contributed by atoms with E-state index in [0.717, 1.165) is 34.7 Å². The number of carbonyl (C=O) groups excluding carboxylic acids is 1. The van der Waals surface area contributed by atoms with Gasteiger partial charge in [0, 0.05) is 31.5 Å². The maximum atomic E-state index is 12.4. The minimum absolute atomic E-state index is 0.0184. The fraction of sp³-hybridized carbons (Fsp3) is 0.316. The number of nitrogens with one attached hydrogen (secondary N) is 2. The van der Waals surface area contributed by atoms with E-state index in [1.165, 1.54) is 0 Å². The van der Waals surface area contributed by atoms with Gasteiger partial charge in [-0.25, -0.2) is 9.78 Å². The number of thiazole rings is 1. The van der Waals surface area contributed by atoms with Gasteiger partial charge in [-0.3, -0.25) is 9.88 Å². The molecule has 7 nitrogen and oxygen atoms in total. The van der Waals surface area contributed by atoms with Crippen molar-refractivity contribution in [3.63, 3.8) is 0 Å². The molecule has 1 aliphatic rings. The number of pyridine rings is 1. The Bertz CT molecular complexity index is 895. The minimum Gasteiger partial charge on any atom is -0.379 e. The van der Waals surface area contributed by atoms with Gasteiger partial charge < -0.3 is 15.4 Å². The molecule has 1 aliphatic heterocycles. The Morgan fingerprint density at radius 1 is 1.22 bits per heavy atom. The molecule has 2 aromatic heterocycles. The number of ether oxygens (including phenoxy) is 1. The molecule has 1 saturated heterocycles. The van der Waals surface area contributed by atoms with Crippen LogP contribution >= 0.6 is 11.3 Å². The van der Waals surface area contributed by atoms with Crippen molar-refractivity contribution < 1.29 is 9.53 Å². The molecule has 2 amide bonds. The summed E-state index contributed by atoms with van der Waals surface area (Å²) >= 11 is 1.55. The van der Waals surface area contributed by atoms with Crippen molar-refractivity contribution in [2.75, 3.05) is 38.2 Å². The van der Waals surface area contributed by atoms with Crippen molar-refractivity contribution in [2.24, 2.45) is 0 Å². The van der Waals surface area contributed by atoms with Crippen molar-refractivity contribution in [3.8, 4) is 0 Å². The van der Waals surface area contributed by atoms with E-state index in [9.17, 15) is 4.79 Å². The van der Waals surface area contributed by atoms with E-state index in [1.807, 2.05) is 36.4 Å². The molecule has 0 saturated carbocycles. The van der Waals surface area contributed by atoms with Crippen molar-refractivity contribution in [3.05, 3.63) is 53.8 Å². The lowest BCUT2D eigenvalue weighted by atomic mass is 10.1. The Labute approximate surface area is 161 Å². The maximum absolute atomic E-state index is 12.4. The second kappa shape index (κ2) is 8.43. The Morgan fingerprint density at radius 3 is 2.93 bits per heavy atom. The van der Waals surface area contributed by atoms with Crippen LogP contribution in [0.1, 0.15) is 11.7 Å². The van der Waals surface area contributed by atoms with Gasteiger partial charge in [-0.05, 0) is 30.3 Å². The van der Waals surface area contributed by atoms with Crippen molar-refractivity contribution in [1.82, 2.24) is 20.2 Å². The highest BCUT2D eigenvalue weighted by Gasteiger charge is 2.24. The first kappa shape index (κ1) is 17.8. The highest BCUT2D eigenvalue weighted by Crippen LogP contribution is 2.22. The van der Waals surface area contributed by atoms with E-state index < -0.39 is 0 Å². The van der Waals surface area contributed by atoms with Crippen molar-refractivity contribution in [1.29, 1.82) is 0 Å². The Morgan fingerprint density at radius 2 is 2.11 bits per heavy atom. The molecule has 140 valence electrons. The van der Waals surface area contributed by atoms with Gasteiger partial charge in [-0.15, -0.1) is 11.3 Å². The quantitative estimate of drug-likeness (QED) is 0.708. The smallest absolute Gasteiger partial charge is 0.319 e. The minimum atomic E-state index is -0.229. The summed E-state index contributed by atoms with van der Waals surface area (Å²) in [5, 5.41) is 5.88. The number of nitrogens with zero attached hydrogens (tertiary/aromatic N) is 3. The highest BCUT2D eigenvalue weighted by atomic mass is 32.1. The molecule has 3 heterocycles. The zero-order valence-electron chi connectivity index (χ0n) is 14.8. The Kier molecular flexibility index (Phi) is 5.57. The molecule has 0 radical (unpaired) electrons. The van der Waals surface area contributed by atoms with Crippen LogP contribution < -0.4 is 10.6 Å². The average Bonchev–Trinajstić information content (AvgIpc) is 3.18. The third-order valence-electron chi connectivity index (χ3n) is 4.56. The van der Waals surface area contributed by atoms with Crippen molar-refractivity contribution in [2.45, 2.75) is 6.04 Å². The normalized spacial score (nSPS) is 16.1. The van der Waals surface area contributed by atoms with Crippen LogP contribution in [0.15, 0.2) is 48.1 Å². The molecule has 1 aromatic carbocycles. The van der Waals surface area contributed by atoms with Crippen LogP contribution in [0.5, 0.6) is 0 Å². The number of amides is 2. The van der Waals surface area contributed by atoms with E-state index in [1.54, 1.807) is 23.0 Å². The predicted octanol–water partition coefficient (Wildman–Crippen LogP) is 2.89. The number of fused-ring (bicyclic) bond motifs is 1. The van der Waals surface area contributed by atoms with E-state index in [0.29, 0.717) is 19.8 Å². The molecule has 0 bridgehead atoms. The summed E-state index contributed by atoms with van der Waals surface area (Å²) in [6.07, 6.45) is 1.78. The van der Waals surface area contributed by atoms with Gasteiger partial charge >= 0.3 is 6.03 Å². The molecule has 1 fully saturated rings. The zero-order valence-corrected chi connectivity index (χ0v) is 15.6. The summed E-state index contributed by atoms with van der Waals surface area (Å²) in [5.74, 6) is 0. The topological polar surface area (TPSA) is 79.4 Å². The summed E-state index contributed by atoms with van der Waals surface area (Å²) in [5.41, 5.74) is 4.44. The second-order valence-electron chi connectivity index (χ2n) is 6.29. The average molecular weight is 383 g/mol.